The second kappa shape index (κ2) is 11.2. The average Bonchev–Trinajstić information content (AvgIpc) is 2.84. The molecule has 1 aliphatic carbocycles. The highest BCUT2D eigenvalue weighted by Crippen LogP contribution is 2.42. The fourth-order valence-electron chi connectivity index (χ4n) is 4.26. The predicted octanol–water partition coefficient (Wildman–Crippen LogP) is 5.84. The number of carbonyl (C=O) groups excluding carboxylic acids is 2. The van der Waals surface area contributed by atoms with Gasteiger partial charge in [0.05, 0.1) is 17.0 Å². The molecule has 7 nitrogen and oxygen atoms in total. The van der Waals surface area contributed by atoms with E-state index in [4.69, 9.17) is 44.3 Å². The van der Waals surface area contributed by atoms with Crippen LogP contribution in [-0.4, -0.2) is 36.4 Å². The molecule has 0 saturated carbocycles. The highest BCUT2D eigenvalue weighted by atomic mass is 35.5. The molecule has 2 aliphatic rings. The number of fused-ring (bicyclic) bond motifs is 1. The molecule has 1 aliphatic heterocycles. The first-order valence-corrected chi connectivity index (χ1v) is 12.8. The van der Waals surface area contributed by atoms with Gasteiger partial charge < -0.3 is 20.0 Å². The summed E-state index contributed by atoms with van der Waals surface area (Å²) in [6.45, 7) is 5.71. The standard InChI is InChI=1S/C27H25Cl3N2O5/c1-27(26(34)31-9-5-16-11-17(28)13-18(29)12-16)7-3-19(4-8-27)37-24-15-23-21(14-22(24)30)20(6-10-36-23)25(33)32(2)35/h3-4,7,11-15,20H,2,5-6,8-10H2,1H3,(H,31,34). The molecule has 0 bridgehead atoms. The van der Waals surface area contributed by atoms with Gasteiger partial charge in [-0.1, -0.05) is 40.9 Å². The van der Waals surface area contributed by atoms with Crippen LogP contribution in [0, 0.1) is 10.6 Å². The van der Waals surface area contributed by atoms with Crippen molar-refractivity contribution in [2.24, 2.45) is 5.41 Å². The fraction of sp³-hybridized carbons (Fsp3) is 0.296. The molecule has 0 fully saturated rings. The van der Waals surface area contributed by atoms with Crippen LogP contribution in [0.1, 0.15) is 36.8 Å². The molecule has 0 aromatic heterocycles. The van der Waals surface area contributed by atoms with Crippen molar-refractivity contribution in [2.45, 2.75) is 32.1 Å². The summed E-state index contributed by atoms with van der Waals surface area (Å²) in [5, 5.41) is 15.8. The lowest BCUT2D eigenvalue weighted by atomic mass is 9.82. The number of allylic oxidation sites excluding steroid dienone is 2. The lowest BCUT2D eigenvalue weighted by Gasteiger charge is -2.27. The molecule has 2 atom stereocenters. The van der Waals surface area contributed by atoms with E-state index in [1.165, 1.54) is 0 Å². The number of nitrogens with one attached hydrogen (secondary N) is 1. The molecule has 2 aromatic carbocycles. The number of hydrogen-bond donors (Lipinski definition) is 1. The summed E-state index contributed by atoms with van der Waals surface area (Å²) >= 11 is 18.5. The Morgan fingerprint density at radius 1 is 1.22 bits per heavy atom. The Morgan fingerprint density at radius 2 is 1.95 bits per heavy atom. The Kier molecular flexibility index (Phi) is 8.17. The molecule has 4 rings (SSSR count). The van der Waals surface area contributed by atoms with Gasteiger partial charge in [0.25, 0.3) is 0 Å². The minimum atomic E-state index is -0.742. The number of nitrogens with zero attached hydrogens (tertiary/aromatic N) is 1. The number of carbonyl (C=O) groups is 2. The first-order chi connectivity index (χ1) is 17.6. The third kappa shape index (κ3) is 6.29. The van der Waals surface area contributed by atoms with Crippen LogP contribution in [0.5, 0.6) is 11.5 Å². The van der Waals surface area contributed by atoms with Crippen molar-refractivity contribution in [1.29, 1.82) is 0 Å². The van der Waals surface area contributed by atoms with Crippen LogP contribution in [0.2, 0.25) is 15.1 Å². The third-order valence-corrected chi connectivity index (χ3v) is 7.09. The van der Waals surface area contributed by atoms with Gasteiger partial charge in [-0.2, -0.15) is 0 Å². The van der Waals surface area contributed by atoms with E-state index >= 15 is 0 Å². The van der Waals surface area contributed by atoms with Crippen LogP contribution in [0.3, 0.4) is 0 Å². The van der Waals surface area contributed by atoms with Crippen LogP contribution >= 0.6 is 34.8 Å². The van der Waals surface area contributed by atoms with Gasteiger partial charge in [-0.3, -0.25) is 4.79 Å². The molecular formula is C27H25Cl3N2O5. The second-order valence-electron chi connectivity index (χ2n) is 9.17. The van der Waals surface area contributed by atoms with E-state index in [1.807, 2.05) is 25.1 Å². The summed E-state index contributed by atoms with van der Waals surface area (Å²) < 4.78 is 11.7. The van der Waals surface area contributed by atoms with Crippen molar-refractivity contribution in [3.8, 4) is 11.5 Å². The Balaban J connectivity index is 1.38. The molecule has 1 heterocycles. The van der Waals surface area contributed by atoms with Crippen LogP contribution in [-0.2, 0) is 16.0 Å². The van der Waals surface area contributed by atoms with Crippen LogP contribution in [0.25, 0.3) is 0 Å². The van der Waals surface area contributed by atoms with E-state index in [0.29, 0.717) is 58.7 Å². The van der Waals surface area contributed by atoms with Gasteiger partial charge in [-0.25, -0.2) is 4.79 Å². The van der Waals surface area contributed by atoms with Crippen molar-refractivity contribution in [3.05, 3.63) is 85.7 Å². The maximum absolute atomic E-state index is 12.9. The Hall–Kier alpha value is -3.00. The predicted molar refractivity (Wildman–Crippen MR) is 144 cm³/mol. The molecule has 2 aromatic rings. The van der Waals surface area contributed by atoms with Gasteiger partial charge in [0.15, 0.2) is 0 Å². The highest BCUT2D eigenvalue weighted by Gasteiger charge is 2.34. The van der Waals surface area contributed by atoms with Gasteiger partial charge in [-0.05, 0) is 61.7 Å². The van der Waals surface area contributed by atoms with Crippen LogP contribution in [0.4, 0.5) is 0 Å². The van der Waals surface area contributed by atoms with Crippen molar-refractivity contribution in [3.63, 3.8) is 0 Å². The SMILES string of the molecule is C=[N+]([O-])C(=O)C1CCOc2cc(OC3=CCC(C)(C(=O)NCCc4cc(Cl)cc(Cl)c4)C=C3)c(Cl)cc21. The molecule has 0 spiro atoms. The number of amides is 2. The van der Waals surface area contributed by atoms with Crippen molar-refractivity contribution in [1.82, 2.24) is 5.32 Å². The normalized spacial score (nSPS) is 20.3. The van der Waals surface area contributed by atoms with E-state index in [0.717, 1.165) is 5.56 Å². The minimum absolute atomic E-state index is 0.0791. The highest BCUT2D eigenvalue weighted by molar-refractivity contribution is 6.34. The van der Waals surface area contributed by atoms with E-state index in [9.17, 15) is 14.8 Å². The molecular weight excluding hydrogens is 539 g/mol. The largest absolute Gasteiger partial charge is 0.617 e. The number of benzene rings is 2. The van der Waals surface area contributed by atoms with Gasteiger partial charge in [0, 0.05) is 34.6 Å². The van der Waals surface area contributed by atoms with Crippen molar-refractivity contribution < 1.29 is 23.8 Å². The van der Waals surface area contributed by atoms with Gasteiger partial charge in [-0.15, -0.1) is 4.74 Å². The lowest BCUT2D eigenvalue weighted by Crippen LogP contribution is -2.39. The van der Waals surface area contributed by atoms with E-state index in [-0.39, 0.29) is 22.3 Å². The monoisotopic (exact) mass is 562 g/mol. The van der Waals surface area contributed by atoms with Crippen molar-refractivity contribution >= 4 is 53.3 Å². The lowest BCUT2D eigenvalue weighted by molar-refractivity contribution is -0.376. The number of rotatable bonds is 7. The second-order valence-corrected chi connectivity index (χ2v) is 10.5. The third-order valence-electron chi connectivity index (χ3n) is 6.36. The Labute approximate surface area is 229 Å². The molecule has 194 valence electrons. The number of halogens is 3. The molecule has 0 radical (unpaired) electrons. The zero-order chi connectivity index (χ0) is 26.7. The smallest absolute Gasteiger partial charge is 0.405 e. The van der Waals surface area contributed by atoms with E-state index in [1.54, 1.807) is 30.4 Å². The zero-order valence-electron chi connectivity index (χ0n) is 20.1. The van der Waals surface area contributed by atoms with Crippen LogP contribution in [0.15, 0.2) is 54.3 Å². The zero-order valence-corrected chi connectivity index (χ0v) is 22.3. The van der Waals surface area contributed by atoms with Crippen molar-refractivity contribution in [2.75, 3.05) is 13.2 Å². The fourth-order valence-corrected chi connectivity index (χ4v) is 5.04. The molecule has 0 saturated heterocycles. The maximum Gasteiger partial charge on any atom is 0.405 e. The first-order valence-electron chi connectivity index (χ1n) is 11.6. The summed E-state index contributed by atoms with van der Waals surface area (Å²) in [5.41, 5.74) is 0.722. The van der Waals surface area contributed by atoms with E-state index < -0.39 is 17.2 Å². The topological polar surface area (TPSA) is 90.7 Å². The summed E-state index contributed by atoms with van der Waals surface area (Å²) in [5.74, 6) is -0.147. The average molecular weight is 564 g/mol. The number of hydrogen-bond acceptors (Lipinski definition) is 5. The first kappa shape index (κ1) is 27.0. The quantitative estimate of drug-likeness (QED) is 0.198. The maximum atomic E-state index is 12.9. The van der Waals surface area contributed by atoms with Gasteiger partial charge >= 0.3 is 5.91 Å². The molecule has 2 unspecified atom stereocenters. The Bertz CT molecular complexity index is 1300. The molecule has 1 N–H and O–H groups in total. The van der Waals surface area contributed by atoms with Gasteiger partial charge in [0.1, 0.15) is 29.9 Å². The van der Waals surface area contributed by atoms with Crippen LogP contribution < -0.4 is 14.8 Å². The molecule has 10 heteroatoms. The molecule has 37 heavy (non-hydrogen) atoms. The summed E-state index contributed by atoms with van der Waals surface area (Å²) in [6, 6.07) is 8.49. The minimum Gasteiger partial charge on any atom is -0.617 e. The number of ether oxygens (including phenoxy) is 2. The summed E-state index contributed by atoms with van der Waals surface area (Å²) in [4.78, 5) is 25.1. The summed E-state index contributed by atoms with van der Waals surface area (Å²) in [6.07, 6.45) is 6.72. The Morgan fingerprint density at radius 3 is 2.59 bits per heavy atom. The number of hydroxylamine groups is 1. The van der Waals surface area contributed by atoms with Gasteiger partial charge in [0.2, 0.25) is 5.91 Å². The van der Waals surface area contributed by atoms with E-state index in [2.05, 4.69) is 12.0 Å². The summed E-state index contributed by atoms with van der Waals surface area (Å²) in [7, 11) is 0. The molecule has 2 amide bonds.